The second kappa shape index (κ2) is 5.96. The van der Waals surface area contributed by atoms with E-state index >= 15 is 0 Å². The van der Waals surface area contributed by atoms with Gasteiger partial charge in [-0.1, -0.05) is 29.8 Å². The summed E-state index contributed by atoms with van der Waals surface area (Å²) in [5.74, 6) is -0.397. The monoisotopic (exact) mass is 322 g/mol. The molecule has 1 aromatic carbocycles. The second-order valence-corrected chi connectivity index (χ2v) is 5.78. The molecule has 7 heteroatoms. The fourth-order valence-corrected chi connectivity index (χ4v) is 3.02. The third-order valence-electron chi connectivity index (χ3n) is 3.97. The molecule has 0 spiro atoms. The molecule has 3 amide bonds. The molecule has 0 saturated carbocycles. The van der Waals surface area contributed by atoms with Crippen molar-refractivity contribution in [2.45, 2.75) is 18.9 Å². The smallest absolute Gasteiger partial charge is 0.417 e. The second-order valence-electron chi connectivity index (χ2n) is 5.37. The number of imide groups is 1. The molecule has 6 nitrogen and oxygen atoms in total. The molecule has 22 heavy (non-hydrogen) atoms. The summed E-state index contributed by atoms with van der Waals surface area (Å²) < 4.78 is 4.71. The van der Waals surface area contributed by atoms with Crippen molar-refractivity contribution in [3.8, 4) is 0 Å². The highest BCUT2D eigenvalue weighted by Crippen LogP contribution is 2.22. The lowest BCUT2D eigenvalue weighted by atomic mass is 10.1. The Hall–Kier alpha value is -2.08. The molecular weight excluding hydrogens is 308 g/mol. The Labute approximate surface area is 132 Å². The molecule has 0 aliphatic carbocycles. The van der Waals surface area contributed by atoms with Gasteiger partial charge in [0.15, 0.2) is 6.61 Å². The van der Waals surface area contributed by atoms with Gasteiger partial charge in [0.1, 0.15) is 0 Å². The van der Waals surface area contributed by atoms with Crippen molar-refractivity contribution in [1.29, 1.82) is 0 Å². The van der Waals surface area contributed by atoms with E-state index in [2.05, 4.69) is 0 Å². The number of carbonyl (C=O) groups is 3. The minimum Gasteiger partial charge on any atom is -0.439 e. The normalized spacial score (nSPS) is 21.4. The van der Waals surface area contributed by atoms with E-state index in [1.54, 1.807) is 11.0 Å². The van der Waals surface area contributed by atoms with Gasteiger partial charge in [-0.15, -0.1) is 0 Å². The Balaban J connectivity index is 1.63. The minimum absolute atomic E-state index is 0.0596. The highest BCUT2D eigenvalue weighted by atomic mass is 35.5. The van der Waals surface area contributed by atoms with E-state index in [4.69, 9.17) is 16.3 Å². The first-order valence-electron chi connectivity index (χ1n) is 7.06. The lowest BCUT2D eigenvalue weighted by molar-refractivity contribution is -0.131. The topological polar surface area (TPSA) is 66.9 Å². The molecule has 2 fully saturated rings. The van der Waals surface area contributed by atoms with Gasteiger partial charge in [-0.25, -0.2) is 9.69 Å². The van der Waals surface area contributed by atoms with Crippen molar-refractivity contribution >= 4 is 29.5 Å². The number of hydrogen-bond acceptors (Lipinski definition) is 4. The van der Waals surface area contributed by atoms with Crippen LogP contribution in [0.4, 0.5) is 4.79 Å². The predicted octanol–water partition coefficient (Wildman–Crippen LogP) is 1.46. The summed E-state index contributed by atoms with van der Waals surface area (Å²) in [7, 11) is 0. The summed E-state index contributed by atoms with van der Waals surface area (Å²) >= 11 is 6.06. The number of ether oxygens (including phenoxy) is 1. The molecule has 0 aromatic heterocycles. The number of nitrogens with zero attached hydrogens (tertiary/aromatic N) is 2. The third kappa shape index (κ3) is 2.78. The Morgan fingerprint density at radius 1 is 1.32 bits per heavy atom. The predicted molar refractivity (Wildman–Crippen MR) is 78.3 cm³/mol. The molecule has 2 aliphatic heterocycles. The standard InChI is InChI=1S/C15H15ClN2O4/c16-12-4-2-1-3-10(12)7-13(19)17-6-5-11(8-17)18-14(20)9-22-15(18)21/h1-4,11H,5-9H2. The summed E-state index contributed by atoms with van der Waals surface area (Å²) in [6.45, 7) is 0.665. The maximum absolute atomic E-state index is 12.3. The molecule has 0 radical (unpaired) electrons. The van der Waals surface area contributed by atoms with Crippen LogP contribution in [-0.2, 0) is 20.7 Å². The van der Waals surface area contributed by atoms with Crippen LogP contribution in [0.15, 0.2) is 24.3 Å². The Morgan fingerprint density at radius 3 is 2.77 bits per heavy atom. The SMILES string of the molecule is O=C(Cc1ccccc1Cl)N1CCC(N2C(=O)COC2=O)C1. The van der Waals surface area contributed by atoms with E-state index in [0.717, 1.165) is 10.5 Å². The van der Waals surface area contributed by atoms with Crippen LogP contribution >= 0.6 is 11.6 Å². The van der Waals surface area contributed by atoms with Crippen molar-refractivity contribution in [1.82, 2.24) is 9.80 Å². The molecule has 0 N–H and O–H groups in total. The van der Waals surface area contributed by atoms with Crippen molar-refractivity contribution in [3.63, 3.8) is 0 Å². The molecular formula is C15H15ClN2O4. The van der Waals surface area contributed by atoms with Crippen molar-refractivity contribution in [3.05, 3.63) is 34.9 Å². The van der Waals surface area contributed by atoms with Crippen LogP contribution in [0.3, 0.4) is 0 Å². The van der Waals surface area contributed by atoms with Gasteiger partial charge in [-0.3, -0.25) is 9.59 Å². The van der Waals surface area contributed by atoms with Gasteiger partial charge in [0.2, 0.25) is 5.91 Å². The van der Waals surface area contributed by atoms with E-state index in [1.807, 2.05) is 18.2 Å². The average molecular weight is 323 g/mol. The fraction of sp³-hybridized carbons (Fsp3) is 0.400. The van der Waals surface area contributed by atoms with Crippen LogP contribution in [0.1, 0.15) is 12.0 Å². The first kappa shape index (κ1) is 14.8. The number of halogens is 1. The van der Waals surface area contributed by atoms with E-state index in [9.17, 15) is 14.4 Å². The summed E-state index contributed by atoms with van der Waals surface area (Å²) in [6, 6.07) is 6.91. The van der Waals surface area contributed by atoms with E-state index in [0.29, 0.717) is 24.5 Å². The van der Waals surface area contributed by atoms with Crippen LogP contribution in [-0.4, -0.2) is 53.4 Å². The van der Waals surface area contributed by atoms with Crippen molar-refractivity contribution < 1.29 is 19.1 Å². The van der Waals surface area contributed by atoms with Gasteiger partial charge in [0.25, 0.3) is 5.91 Å². The zero-order chi connectivity index (χ0) is 15.7. The Morgan fingerprint density at radius 2 is 2.09 bits per heavy atom. The molecule has 1 unspecified atom stereocenters. The first-order valence-corrected chi connectivity index (χ1v) is 7.44. The van der Waals surface area contributed by atoms with Crippen LogP contribution in [0.2, 0.25) is 5.02 Å². The van der Waals surface area contributed by atoms with Crippen LogP contribution in [0.5, 0.6) is 0 Å². The summed E-state index contributed by atoms with van der Waals surface area (Å²) in [4.78, 5) is 38.3. The lowest BCUT2D eigenvalue weighted by Crippen LogP contribution is -2.42. The largest absolute Gasteiger partial charge is 0.439 e. The third-order valence-corrected chi connectivity index (χ3v) is 4.33. The summed E-state index contributed by atoms with van der Waals surface area (Å²) in [5.41, 5.74) is 0.772. The van der Waals surface area contributed by atoms with Crippen LogP contribution in [0, 0.1) is 0 Å². The number of rotatable bonds is 3. The average Bonchev–Trinajstić information content (AvgIpc) is 3.08. The highest BCUT2D eigenvalue weighted by Gasteiger charge is 2.41. The molecule has 2 aliphatic rings. The molecule has 0 bridgehead atoms. The van der Waals surface area contributed by atoms with Crippen molar-refractivity contribution in [2.75, 3.05) is 19.7 Å². The number of hydrogen-bond donors (Lipinski definition) is 0. The van der Waals surface area contributed by atoms with Crippen LogP contribution in [0.25, 0.3) is 0 Å². The van der Waals surface area contributed by atoms with Gasteiger partial charge in [0, 0.05) is 18.1 Å². The summed E-state index contributed by atoms with van der Waals surface area (Å²) in [5, 5.41) is 0.560. The minimum atomic E-state index is -0.615. The maximum Gasteiger partial charge on any atom is 0.417 e. The van der Waals surface area contributed by atoms with Gasteiger partial charge in [0.05, 0.1) is 12.5 Å². The number of benzene rings is 1. The molecule has 1 aromatic rings. The van der Waals surface area contributed by atoms with Crippen molar-refractivity contribution in [2.24, 2.45) is 0 Å². The lowest BCUT2D eigenvalue weighted by Gasteiger charge is -2.20. The Kier molecular flexibility index (Phi) is 4.02. The molecule has 2 saturated heterocycles. The fourth-order valence-electron chi connectivity index (χ4n) is 2.81. The van der Waals surface area contributed by atoms with E-state index in [-0.39, 0.29) is 30.9 Å². The number of carbonyl (C=O) groups excluding carboxylic acids is 3. The molecule has 116 valence electrons. The number of amides is 3. The first-order chi connectivity index (χ1) is 10.6. The number of likely N-dealkylation sites (tertiary alicyclic amines) is 1. The molecule has 3 rings (SSSR count). The zero-order valence-corrected chi connectivity index (χ0v) is 12.6. The van der Waals surface area contributed by atoms with Gasteiger partial charge < -0.3 is 9.64 Å². The van der Waals surface area contributed by atoms with Gasteiger partial charge >= 0.3 is 6.09 Å². The highest BCUT2D eigenvalue weighted by molar-refractivity contribution is 6.31. The molecule has 2 heterocycles. The summed E-state index contributed by atoms with van der Waals surface area (Å²) in [6.07, 6.45) is 0.176. The molecule has 1 atom stereocenters. The maximum atomic E-state index is 12.3. The van der Waals surface area contributed by atoms with Gasteiger partial charge in [-0.2, -0.15) is 0 Å². The van der Waals surface area contributed by atoms with Crippen LogP contribution < -0.4 is 0 Å². The zero-order valence-electron chi connectivity index (χ0n) is 11.8. The number of cyclic esters (lactones) is 1. The van der Waals surface area contributed by atoms with E-state index < -0.39 is 6.09 Å². The van der Waals surface area contributed by atoms with E-state index in [1.165, 1.54) is 0 Å². The Bertz CT molecular complexity index is 618. The van der Waals surface area contributed by atoms with Gasteiger partial charge in [-0.05, 0) is 18.1 Å². The quantitative estimate of drug-likeness (QED) is 0.845.